The van der Waals surface area contributed by atoms with Gasteiger partial charge in [0.05, 0.1) is 24.6 Å². The van der Waals surface area contributed by atoms with Crippen molar-refractivity contribution in [3.63, 3.8) is 0 Å². The average Bonchev–Trinajstić information content (AvgIpc) is 3.27. The van der Waals surface area contributed by atoms with E-state index in [9.17, 15) is 23.2 Å². The lowest BCUT2D eigenvalue weighted by atomic mass is 9.78. The Hall–Kier alpha value is -2.78. The average molecular weight is 461 g/mol. The van der Waals surface area contributed by atoms with Gasteiger partial charge in [-0.15, -0.1) is 0 Å². The van der Waals surface area contributed by atoms with E-state index in [1.165, 1.54) is 49.2 Å². The second-order valence-electron chi connectivity index (χ2n) is 7.84. The minimum absolute atomic E-state index is 0.194. The molecule has 0 radical (unpaired) electrons. The number of esters is 1. The van der Waals surface area contributed by atoms with Gasteiger partial charge in [-0.3, -0.25) is 19.7 Å². The van der Waals surface area contributed by atoms with Crippen molar-refractivity contribution in [1.29, 1.82) is 0 Å². The fraction of sp³-hybridized carbons (Fsp3) is 0.348. The molecule has 2 amide bonds. The molecule has 32 heavy (non-hydrogen) atoms. The van der Waals surface area contributed by atoms with Crippen molar-refractivity contribution < 1.29 is 27.9 Å². The minimum Gasteiger partial charge on any atom is -0.468 e. The highest BCUT2D eigenvalue weighted by molar-refractivity contribution is 7.98. The summed E-state index contributed by atoms with van der Waals surface area (Å²) < 4.78 is 33.3. The monoisotopic (exact) mass is 460 g/mol. The molecule has 0 saturated carbocycles. The Balaban J connectivity index is 1.87. The molecule has 168 valence electrons. The zero-order chi connectivity index (χ0) is 23.0. The summed E-state index contributed by atoms with van der Waals surface area (Å²) in [4.78, 5) is 41.2. The van der Waals surface area contributed by atoms with Crippen molar-refractivity contribution in [3.8, 4) is 0 Å². The number of thioether (sulfide) groups is 1. The molecule has 0 unspecified atom stereocenters. The first-order valence-electron chi connectivity index (χ1n) is 10.1. The molecular weight excluding hydrogens is 438 g/mol. The maximum atomic E-state index is 14.8. The molecule has 2 aromatic carbocycles. The standard InChI is InChI=1S/C23H22F2N2O4S/c1-31-22(30)23(11-12-32-2)18-17(19(26-23)15-5-3-4-6-16(15)25)20(28)27(21(18)29)14-9-7-13(24)8-10-14/h3-10,17-19,26H,11-12H2,1-2H3/t17-,18+,19+,23+/m0/s1. The lowest BCUT2D eigenvalue weighted by Gasteiger charge is -2.32. The summed E-state index contributed by atoms with van der Waals surface area (Å²) in [5.41, 5.74) is -1.11. The van der Waals surface area contributed by atoms with Crippen molar-refractivity contribution in [2.75, 3.05) is 24.0 Å². The number of carbonyl (C=O) groups is 3. The van der Waals surface area contributed by atoms with Gasteiger partial charge in [0, 0.05) is 11.6 Å². The van der Waals surface area contributed by atoms with Crippen molar-refractivity contribution in [3.05, 3.63) is 65.7 Å². The molecule has 4 rings (SSSR count). The van der Waals surface area contributed by atoms with Crippen LogP contribution in [0.15, 0.2) is 48.5 Å². The largest absolute Gasteiger partial charge is 0.468 e. The maximum absolute atomic E-state index is 14.8. The van der Waals surface area contributed by atoms with Crippen LogP contribution in [0.1, 0.15) is 18.0 Å². The first-order valence-corrected chi connectivity index (χ1v) is 11.5. The van der Waals surface area contributed by atoms with Crippen molar-refractivity contribution >= 4 is 35.2 Å². The van der Waals surface area contributed by atoms with Crippen LogP contribution in [0, 0.1) is 23.5 Å². The van der Waals surface area contributed by atoms with Crippen LogP contribution in [0.2, 0.25) is 0 Å². The predicted octanol–water partition coefficient (Wildman–Crippen LogP) is 3.08. The van der Waals surface area contributed by atoms with E-state index in [2.05, 4.69) is 5.32 Å². The van der Waals surface area contributed by atoms with Crippen LogP contribution in [-0.4, -0.2) is 42.4 Å². The minimum atomic E-state index is -1.50. The van der Waals surface area contributed by atoms with Crippen LogP contribution in [0.5, 0.6) is 0 Å². The van der Waals surface area contributed by atoms with Gasteiger partial charge in [0.2, 0.25) is 11.8 Å². The molecule has 2 aromatic rings. The fourth-order valence-electron chi connectivity index (χ4n) is 4.81. The third-order valence-electron chi connectivity index (χ3n) is 6.23. The van der Waals surface area contributed by atoms with Gasteiger partial charge in [-0.05, 0) is 48.8 Å². The molecule has 4 atom stereocenters. The Morgan fingerprint density at radius 3 is 2.44 bits per heavy atom. The number of nitrogens with one attached hydrogen (secondary N) is 1. The van der Waals surface area contributed by atoms with Crippen LogP contribution in [0.4, 0.5) is 14.5 Å². The van der Waals surface area contributed by atoms with Crippen LogP contribution in [0.25, 0.3) is 0 Å². The quantitative estimate of drug-likeness (QED) is 0.528. The number of benzene rings is 2. The van der Waals surface area contributed by atoms with Crippen molar-refractivity contribution in [2.24, 2.45) is 11.8 Å². The number of halogens is 2. The molecule has 9 heteroatoms. The molecule has 0 aliphatic carbocycles. The smallest absolute Gasteiger partial charge is 0.326 e. The van der Waals surface area contributed by atoms with Gasteiger partial charge in [0.1, 0.15) is 17.2 Å². The number of imide groups is 1. The third-order valence-corrected chi connectivity index (χ3v) is 6.84. The van der Waals surface area contributed by atoms with E-state index >= 15 is 0 Å². The second-order valence-corrected chi connectivity index (χ2v) is 8.83. The summed E-state index contributed by atoms with van der Waals surface area (Å²) >= 11 is 1.48. The van der Waals surface area contributed by atoms with E-state index in [4.69, 9.17) is 4.74 Å². The number of carbonyl (C=O) groups excluding carboxylic acids is 3. The zero-order valence-corrected chi connectivity index (χ0v) is 18.3. The van der Waals surface area contributed by atoms with E-state index in [0.29, 0.717) is 5.75 Å². The van der Waals surface area contributed by atoms with E-state index in [-0.39, 0.29) is 17.7 Å². The third kappa shape index (κ3) is 3.40. The molecule has 0 aromatic heterocycles. The number of ether oxygens (including phenoxy) is 1. The molecule has 0 spiro atoms. The van der Waals surface area contributed by atoms with E-state index in [1.807, 2.05) is 6.26 Å². The molecule has 1 N–H and O–H groups in total. The molecule has 6 nitrogen and oxygen atoms in total. The van der Waals surface area contributed by atoms with Gasteiger partial charge in [0.15, 0.2) is 0 Å². The number of nitrogens with zero attached hydrogens (tertiary/aromatic N) is 1. The lowest BCUT2D eigenvalue weighted by Crippen LogP contribution is -2.56. The topological polar surface area (TPSA) is 75.7 Å². The van der Waals surface area contributed by atoms with Gasteiger partial charge >= 0.3 is 5.97 Å². The highest BCUT2D eigenvalue weighted by Crippen LogP contribution is 2.51. The molecule has 2 aliphatic heterocycles. The molecule has 0 bridgehead atoms. The molecule has 2 heterocycles. The highest BCUT2D eigenvalue weighted by atomic mass is 32.2. The summed E-state index contributed by atoms with van der Waals surface area (Å²) in [5, 5.41) is 3.13. The number of rotatable bonds is 6. The SMILES string of the molecule is COC(=O)[C@]1(CCSC)N[C@H](c2ccccc2F)[C@H]2C(=O)N(c3ccc(F)cc3)C(=O)[C@@H]21. The van der Waals surface area contributed by atoms with Crippen molar-refractivity contribution in [2.45, 2.75) is 18.0 Å². The number of hydrogen-bond donors (Lipinski definition) is 1. The first kappa shape index (κ1) is 22.4. The van der Waals surface area contributed by atoms with Crippen LogP contribution < -0.4 is 10.2 Å². The second kappa shape index (κ2) is 8.63. The molecule has 2 fully saturated rings. The van der Waals surface area contributed by atoms with Gasteiger partial charge in [-0.1, -0.05) is 18.2 Å². The summed E-state index contributed by atoms with van der Waals surface area (Å²) in [6.45, 7) is 0. The molecule has 2 aliphatic rings. The number of amides is 2. The first-order chi connectivity index (χ1) is 15.4. The highest BCUT2D eigenvalue weighted by Gasteiger charge is 2.68. The summed E-state index contributed by atoms with van der Waals surface area (Å²) in [5.74, 6) is -4.51. The van der Waals surface area contributed by atoms with Gasteiger partial charge in [-0.25, -0.2) is 13.7 Å². The van der Waals surface area contributed by atoms with E-state index < -0.39 is 52.8 Å². The van der Waals surface area contributed by atoms with E-state index in [0.717, 1.165) is 17.0 Å². The van der Waals surface area contributed by atoms with Gasteiger partial charge in [0.25, 0.3) is 0 Å². The Morgan fingerprint density at radius 2 is 1.81 bits per heavy atom. The Labute approximate surface area is 188 Å². The summed E-state index contributed by atoms with van der Waals surface area (Å²) in [6.07, 6.45) is 2.07. The Bertz CT molecular complexity index is 1060. The van der Waals surface area contributed by atoms with Crippen LogP contribution in [-0.2, 0) is 19.1 Å². The molecule has 2 saturated heterocycles. The lowest BCUT2D eigenvalue weighted by molar-refractivity contribution is -0.152. The van der Waals surface area contributed by atoms with E-state index in [1.54, 1.807) is 6.07 Å². The van der Waals surface area contributed by atoms with Crippen LogP contribution in [0.3, 0.4) is 0 Å². The summed E-state index contributed by atoms with van der Waals surface area (Å²) in [7, 11) is 1.22. The molecular formula is C23H22F2N2O4S. The Kier molecular flexibility index (Phi) is 6.05. The van der Waals surface area contributed by atoms with Gasteiger partial charge in [-0.2, -0.15) is 11.8 Å². The van der Waals surface area contributed by atoms with Crippen LogP contribution >= 0.6 is 11.8 Å². The number of fused-ring (bicyclic) bond motifs is 1. The number of methoxy groups -OCH3 is 1. The maximum Gasteiger partial charge on any atom is 0.326 e. The summed E-state index contributed by atoms with van der Waals surface area (Å²) in [6, 6.07) is 10.0. The number of anilines is 1. The van der Waals surface area contributed by atoms with Gasteiger partial charge < -0.3 is 4.74 Å². The Morgan fingerprint density at radius 1 is 1.12 bits per heavy atom. The predicted molar refractivity (Wildman–Crippen MR) is 116 cm³/mol. The zero-order valence-electron chi connectivity index (χ0n) is 17.5. The number of hydrogen-bond acceptors (Lipinski definition) is 6. The van der Waals surface area contributed by atoms with Crippen molar-refractivity contribution in [1.82, 2.24) is 5.32 Å². The fourth-order valence-corrected chi connectivity index (χ4v) is 5.33. The normalized spacial score (nSPS) is 27.0.